The molecule has 1 atom stereocenters. The van der Waals surface area contributed by atoms with Gasteiger partial charge in [0.1, 0.15) is 11.6 Å². The van der Waals surface area contributed by atoms with E-state index in [1.165, 1.54) is 11.3 Å². The Morgan fingerprint density at radius 1 is 1.38 bits per heavy atom. The molecule has 0 aliphatic heterocycles. The smallest absolute Gasteiger partial charge is 0.246 e. The van der Waals surface area contributed by atoms with Crippen molar-refractivity contribution in [2.75, 3.05) is 12.3 Å². The third-order valence-corrected chi connectivity index (χ3v) is 5.22. The van der Waals surface area contributed by atoms with Gasteiger partial charge in [-0.25, -0.2) is 26.9 Å². The number of aromatic nitrogens is 1. The lowest BCUT2D eigenvalue weighted by molar-refractivity contribution is 0.513. The van der Waals surface area contributed by atoms with Gasteiger partial charge in [-0.05, 0) is 12.1 Å². The first kappa shape index (κ1) is 15.8. The lowest BCUT2D eigenvalue weighted by Crippen LogP contribution is -2.29. The molecule has 1 aromatic heterocycles. The molecule has 1 heterocycles. The molecular formula is C12H13F2N3O2S2. The summed E-state index contributed by atoms with van der Waals surface area (Å²) in [5.74, 6) is -2.65. The van der Waals surface area contributed by atoms with Crippen LogP contribution in [0.2, 0.25) is 0 Å². The van der Waals surface area contributed by atoms with E-state index in [0.29, 0.717) is 0 Å². The predicted octanol–water partition coefficient (Wildman–Crippen LogP) is 2.09. The number of sulfonamides is 1. The summed E-state index contributed by atoms with van der Waals surface area (Å²) >= 11 is 1.38. The molecular weight excluding hydrogens is 320 g/mol. The van der Waals surface area contributed by atoms with Crippen molar-refractivity contribution in [2.24, 2.45) is 0 Å². The van der Waals surface area contributed by atoms with E-state index in [-0.39, 0.29) is 18.2 Å². The molecule has 9 heteroatoms. The van der Waals surface area contributed by atoms with Crippen LogP contribution >= 0.6 is 11.3 Å². The first-order valence-electron chi connectivity index (χ1n) is 5.95. The Morgan fingerprint density at radius 3 is 2.52 bits per heavy atom. The zero-order valence-electron chi connectivity index (χ0n) is 11.0. The van der Waals surface area contributed by atoms with E-state index >= 15 is 0 Å². The minimum absolute atomic E-state index is 0.0148. The number of nitrogens with one attached hydrogen (secondary N) is 1. The standard InChI is InChI=1S/C12H13F2N3O2S2/c1-7(12-16-2-3-20-12)6-17-21(18,19)11-9(13)4-8(15)5-10(11)14/h2-5,7,17H,6,15H2,1H3. The fourth-order valence-corrected chi connectivity index (χ4v) is 3.65. The maximum atomic E-state index is 13.7. The minimum atomic E-state index is -4.30. The van der Waals surface area contributed by atoms with Crippen LogP contribution in [0.3, 0.4) is 0 Å². The summed E-state index contributed by atoms with van der Waals surface area (Å²) in [6, 6.07) is 1.53. The van der Waals surface area contributed by atoms with Crippen LogP contribution in [0, 0.1) is 11.6 Å². The van der Waals surface area contributed by atoms with Crippen LogP contribution in [0.4, 0.5) is 14.5 Å². The molecule has 0 saturated carbocycles. The SMILES string of the molecule is CC(CNS(=O)(=O)c1c(F)cc(N)cc1F)c1nccs1. The highest BCUT2D eigenvalue weighted by Gasteiger charge is 2.25. The summed E-state index contributed by atoms with van der Waals surface area (Å²) in [5.41, 5.74) is 5.08. The Hall–Kier alpha value is -1.58. The Kier molecular flexibility index (Phi) is 4.55. The van der Waals surface area contributed by atoms with Crippen molar-refractivity contribution in [1.82, 2.24) is 9.71 Å². The number of benzene rings is 1. The third kappa shape index (κ3) is 3.55. The molecule has 0 spiro atoms. The van der Waals surface area contributed by atoms with E-state index in [4.69, 9.17) is 5.73 Å². The lowest BCUT2D eigenvalue weighted by Gasteiger charge is -2.12. The average Bonchev–Trinajstić information content (AvgIpc) is 2.88. The van der Waals surface area contributed by atoms with Gasteiger partial charge in [0.05, 0.1) is 5.01 Å². The minimum Gasteiger partial charge on any atom is -0.399 e. The van der Waals surface area contributed by atoms with Crippen LogP contribution in [0.25, 0.3) is 0 Å². The Bertz CT molecular complexity index is 710. The van der Waals surface area contributed by atoms with Gasteiger partial charge in [0.15, 0.2) is 4.90 Å². The fraction of sp³-hybridized carbons (Fsp3) is 0.250. The predicted molar refractivity (Wildman–Crippen MR) is 76.5 cm³/mol. The van der Waals surface area contributed by atoms with Crippen LogP contribution in [0.1, 0.15) is 17.8 Å². The van der Waals surface area contributed by atoms with Gasteiger partial charge in [-0.1, -0.05) is 6.92 Å². The van der Waals surface area contributed by atoms with E-state index in [9.17, 15) is 17.2 Å². The van der Waals surface area contributed by atoms with Crippen LogP contribution < -0.4 is 10.5 Å². The van der Waals surface area contributed by atoms with Crippen LogP contribution in [0.15, 0.2) is 28.6 Å². The molecule has 0 fully saturated rings. The highest BCUT2D eigenvalue weighted by Crippen LogP contribution is 2.22. The molecule has 0 saturated heterocycles. The van der Waals surface area contributed by atoms with Gasteiger partial charge in [-0.3, -0.25) is 0 Å². The molecule has 0 bridgehead atoms. The number of halogens is 2. The van der Waals surface area contributed by atoms with Gasteiger partial charge in [-0.2, -0.15) is 0 Å². The van der Waals surface area contributed by atoms with Gasteiger partial charge < -0.3 is 5.73 Å². The number of rotatable bonds is 5. The number of hydrogen-bond acceptors (Lipinski definition) is 5. The molecule has 2 aromatic rings. The summed E-state index contributed by atoms with van der Waals surface area (Å²) in [7, 11) is -4.30. The molecule has 0 radical (unpaired) electrons. The lowest BCUT2D eigenvalue weighted by atomic mass is 10.2. The summed E-state index contributed by atoms with van der Waals surface area (Å²) < 4.78 is 53.5. The molecule has 0 aliphatic carbocycles. The fourth-order valence-electron chi connectivity index (χ4n) is 1.71. The second kappa shape index (κ2) is 6.04. The molecule has 0 aliphatic rings. The van der Waals surface area contributed by atoms with Gasteiger partial charge >= 0.3 is 0 Å². The average molecular weight is 333 g/mol. The van der Waals surface area contributed by atoms with Gasteiger partial charge in [0.25, 0.3) is 0 Å². The zero-order chi connectivity index (χ0) is 15.6. The number of thiazole rings is 1. The van der Waals surface area contributed by atoms with Crippen LogP contribution in [0.5, 0.6) is 0 Å². The molecule has 1 unspecified atom stereocenters. The van der Waals surface area contributed by atoms with Gasteiger partial charge in [0, 0.05) is 29.7 Å². The monoisotopic (exact) mass is 333 g/mol. The van der Waals surface area contributed by atoms with Crippen molar-refractivity contribution >= 4 is 27.0 Å². The van der Waals surface area contributed by atoms with E-state index < -0.39 is 26.6 Å². The van der Waals surface area contributed by atoms with E-state index in [2.05, 4.69) is 9.71 Å². The number of nitrogen functional groups attached to an aromatic ring is 1. The number of hydrogen-bond donors (Lipinski definition) is 2. The van der Waals surface area contributed by atoms with Crippen LogP contribution in [-0.2, 0) is 10.0 Å². The summed E-state index contributed by atoms with van der Waals surface area (Å²) in [5, 5.41) is 2.50. The van der Waals surface area contributed by atoms with E-state index in [1.54, 1.807) is 18.5 Å². The number of nitrogens with two attached hydrogens (primary N) is 1. The molecule has 5 nitrogen and oxygen atoms in total. The van der Waals surface area contributed by atoms with Crippen molar-refractivity contribution in [3.63, 3.8) is 0 Å². The Balaban J connectivity index is 2.20. The maximum Gasteiger partial charge on any atom is 0.246 e. The summed E-state index contributed by atoms with van der Waals surface area (Å²) in [4.78, 5) is 3.03. The molecule has 21 heavy (non-hydrogen) atoms. The normalized spacial score (nSPS) is 13.3. The summed E-state index contributed by atoms with van der Waals surface area (Å²) in [6.45, 7) is 1.75. The van der Waals surface area contributed by atoms with Crippen LogP contribution in [-0.4, -0.2) is 19.9 Å². The molecule has 3 N–H and O–H groups in total. The Labute approximate surface area is 124 Å². The second-order valence-electron chi connectivity index (χ2n) is 4.44. The van der Waals surface area contributed by atoms with Crippen molar-refractivity contribution in [3.8, 4) is 0 Å². The largest absolute Gasteiger partial charge is 0.399 e. The third-order valence-electron chi connectivity index (χ3n) is 2.74. The second-order valence-corrected chi connectivity index (χ2v) is 7.07. The molecule has 114 valence electrons. The van der Waals surface area contributed by atoms with Crippen molar-refractivity contribution in [3.05, 3.63) is 40.4 Å². The Morgan fingerprint density at radius 2 is 2.00 bits per heavy atom. The van der Waals surface area contributed by atoms with Crippen molar-refractivity contribution in [1.29, 1.82) is 0 Å². The van der Waals surface area contributed by atoms with E-state index in [1.807, 2.05) is 0 Å². The quantitative estimate of drug-likeness (QED) is 0.821. The molecule has 0 amide bonds. The van der Waals surface area contributed by atoms with Gasteiger partial charge in [0.2, 0.25) is 10.0 Å². The summed E-state index contributed by atoms with van der Waals surface area (Å²) in [6.07, 6.45) is 1.60. The zero-order valence-corrected chi connectivity index (χ0v) is 12.6. The van der Waals surface area contributed by atoms with Gasteiger partial charge in [-0.15, -0.1) is 11.3 Å². The highest BCUT2D eigenvalue weighted by atomic mass is 32.2. The molecule has 1 aromatic carbocycles. The number of nitrogens with zero attached hydrogens (tertiary/aromatic N) is 1. The molecule has 2 rings (SSSR count). The first-order valence-corrected chi connectivity index (χ1v) is 8.31. The number of anilines is 1. The topological polar surface area (TPSA) is 85.1 Å². The maximum absolute atomic E-state index is 13.7. The highest BCUT2D eigenvalue weighted by molar-refractivity contribution is 7.89. The van der Waals surface area contributed by atoms with E-state index in [0.717, 1.165) is 17.1 Å². The van der Waals surface area contributed by atoms with Crippen molar-refractivity contribution in [2.45, 2.75) is 17.7 Å². The first-order chi connectivity index (χ1) is 9.81. The van der Waals surface area contributed by atoms with Crippen molar-refractivity contribution < 1.29 is 17.2 Å².